The summed E-state index contributed by atoms with van der Waals surface area (Å²) >= 11 is 0. The summed E-state index contributed by atoms with van der Waals surface area (Å²) in [6.45, 7) is 4.90. The smallest absolute Gasteiger partial charge is 0.309 e. The number of benzene rings is 1. The van der Waals surface area contributed by atoms with Crippen molar-refractivity contribution in [3.63, 3.8) is 0 Å². The van der Waals surface area contributed by atoms with Gasteiger partial charge in [-0.25, -0.2) is 0 Å². The standard InChI is InChI=1S/C15H21NO4/c1-10(11-7-5-6-8-12(11)20-4)16-13(17)9-15(2,3)14(18)19/h5-8,10H,9H2,1-4H3,(H,16,17)(H,18,19)/t10-/m0/s1. The molecule has 0 bridgehead atoms. The van der Waals surface area contributed by atoms with E-state index in [0.717, 1.165) is 5.56 Å². The Morgan fingerprint density at radius 2 is 1.95 bits per heavy atom. The second-order valence-corrected chi connectivity index (χ2v) is 5.40. The normalized spacial score (nSPS) is 12.6. The van der Waals surface area contributed by atoms with Crippen LogP contribution >= 0.6 is 0 Å². The number of carbonyl (C=O) groups is 2. The molecule has 0 unspecified atom stereocenters. The average Bonchev–Trinajstić information content (AvgIpc) is 2.37. The molecule has 0 fully saturated rings. The van der Waals surface area contributed by atoms with E-state index in [1.807, 2.05) is 31.2 Å². The highest BCUT2D eigenvalue weighted by atomic mass is 16.5. The van der Waals surface area contributed by atoms with Gasteiger partial charge in [-0.2, -0.15) is 0 Å². The number of amides is 1. The molecule has 0 saturated carbocycles. The van der Waals surface area contributed by atoms with Crippen LogP contribution in [0.4, 0.5) is 0 Å². The highest BCUT2D eigenvalue weighted by molar-refractivity contribution is 5.84. The number of rotatable bonds is 6. The zero-order chi connectivity index (χ0) is 15.3. The summed E-state index contributed by atoms with van der Waals surface area (Å²) in [6, 6.07) is 7.15. The summed E-state index contributed by atoms with van der Waals surface area (Å²) in [7, 11) is 1.57. The third kappa shape index (κ3) is 3.98. The molecule has 0 saturated heterocycles. The fourth-order valence-corrected chi connectivity index (χ4v) is 1.87. The predicted octanol–water partition coefficient (Wildman–Crippen LogP) is 2.37. The van der Waals surface area contributed by atoms with Gasteiger partial charge in [0.2, 0.25) is 5.91 Å². The van der Waals surface area contributed by atoms with E-state index < -0.39 is 11.4 Å². The van der Waals surface area contributed by atoms with Crippen LogP contribution in [0.2, 0.25) is 0 Å². The first kappa shape index (κ1) is 16.0. The number of carboxylic acids is 1. The lowest BCUT2D eigenvalue weighted by atomic mass is 9.89. The highest BCUT2D eigenvalue weighted by Gasteiger charge is 2.30. The minimum atomic E-state index is -1.08. The maximum atomic E-state index is 11.9. The molecule has 20 heavy (non-hydrogen) atoms. The topological polar surface area (TPSA) is 75.6 Å². The quantitative estimate of drug-likeness (QED) is 0.838. The molecule has 5 heteroatoms. The molecule has 5 nitrogen and oxygen atoms in total. The molecule has 0 aliphatic rings. The number of carboxylic acid groups (broad SMARTS) is 1. The Morgan fingerprint density at radius 1 is 1.35 bits per heavy atom. The summed E-state index contributed by atoms with van der Waals surface area (Å²) < 4.78 is 5.24. The molecular weight excluding hydrogens is 258 g/mol. The van der Waals surface area contributed by atoms with E-state index in [9.17, 15) is 9.59 Å². The van der Waals surface area contributed by atoms with Crippen molar-refractivity contribution in [3.8, 4) is 5.75 Å². The molecule has 2 N–H and O–H groups in total. The summed E-state index contributed by atoms with van der Waals surface area (Å²) in [4.78, 5) is 22.9. The molecule has 110 valence electrons. The first-order chi connectivity index (χ1) is 9.27. The summed E-state index contributed by atoms with van der Waals surface area (Å²) in [5.74, 6) is -0.591. The lowest BCUT2D eigenvalue weighted by molar-refractivity contribution is -0.149. The maximum Gasteiger partial charge on any atom is 0.309 e. The number of para-hydroxylation sites is 1. The number of ether oxygens (including phenoxy) is 1. The highest BCUT2D eigenvalue weighted by Crippen LogP contribution is 2.25. The van der Waals surface area contributed by atoms with E-state index >= 15 is 0 Å². The Labute approximate surface area is 118 Å². The molecule has 0 radical (unpaired) electrons. The third-order valence-electron chi connectivity index (χ3n) is 3.16. The third-order valence-corrected chi connectivity index (χ3v) is 3.16. The largest absolute Gasteiger partial charge is 0.496 e. The van der Waals surface area contributed by atoms with Crippen LogP contribution in [0.15, 0.2) is 24.3 Å². The molecule has 1 aromatic carbocycles. The fourth-order valence-electron chi connectivity index (χ4n) is 1.87. The lowest BCUT2D eigenvalue weighted by Gasteiger charge is -2.21. The van der Waals surface area contributed by atoms with Gasteiger partial charge in [-0.15, -0.1) is 0 Å². The van der Waals surface area contributed by atoms with E-state index in [1.54, 1.807) is 7.11 Å². The summed E-state index contributed by atoms with van der Waals surface area (Å²) in [5.41, 5.74) is -0.221. The van der Waals surface area contributed by atoms with Crippen molar-refractivity contribution in [3.05, 3.63) is 29.8 Å². The molecular formula is C15H21NO4. The Kier molecular flexibility index (Phi) is 5.13. The molecule has 0 aliphatic heterocycles. The van der Waals surface area contributed by atoms with Crippen LogP contribution in [0, 0.1) is 5.41 Å². The maximum absolute atomic E-state index is 11.9. The fraction of sp³-hybridized carbons (Fsp3) is 0.467. The van der Waals surface area contributed by atoms with Crippen LogP contribution in [0.1, 0.15) is 38.8 Å². The van der Waals surface area contributed by atoms with Crippen LogP contribution < -0.4 is 10.1 Å². The average molecular weight is 279 g/mol. The first-order valence-electron chi connectivity index (χ1n) is 6.43. The number of carbonyl (C=O) groups excluding carboxylic acids is 1. The molecule has 1 atom stereocenters. The summed E-state index contributed by atoms with van der Waals surface area (Å²) in [5, 5.41) is 11.8. The van der Waals surface area contributed by atoms with E-state index in [-0.39, 0.29) is 18.4 Å². The molecule has 0 spiro atoms. The SMILES string of the molecule is COc1ccccc1[C@H](C)NC(=O)CC(C)(C)C(=O)O. The van der Waals surface area contributed by atoms with E-state index in [0.29, 0.717) is 5.75 Å². The Hall–Kier alpha value is -2.04. The van der Waals surface area contributed by atoms with Crippen molar-refractivity contribution in [1.82, 2.24) is 5.32 Å². The second kappa shape index (κ2) is 6.41. The Morgan fingerprint density at radius 3 is 2.50 bits per heavy atom. The number of methoxy groups -OCH3 is 1. The molecule has 0 aliphatic carbocycles. The van der Waals surface area contributed by atoms with Gasteiger partial charge in [-0.3, -0.25) is 9.59 Å². The van der Waals surface area contributed by atoms with Crippen molar-refractivity contribution >= 4 is 11.9 Å². The predicted molar refractivity (Wildman–Crippen MR) is 75.6 cm³/mol. The molecule has 0 aromatic heterocycles. The van der Waals surface area contributed by atoms with Crippen LogP contribution in [-0.2, 0) is 9.59 Å². The van der Waals surface area contributed by atoms with Crippen LogP contribution in [0.3, 0.4) is 0 Å². The van der Waals surface area contributed by atoms with Crippen LogP contribution in [0.5, 0.6) is 5.75 Å². The Bertz CT molecular complexity index is 496. The Balaban J connectivity index is 2.73. The van der Waals surface area contributed by atoms with Gasteiger partial charge in [-0.1, -0.05) is 18.2 Å². The molecule has 1 amide bonds. The monoisotopic (exact) mass is 279 g/mol. The van der Waals surface area contributed by atoms with E-state index in [2.05, 4.69) is 5.32 Å². The van der Waals surface area contributed by atoms with Gasteiger partial charge in [0.05, 0.1) is 18.6 Å². The van der Waals surface area contributed by atoms with Crippen molar-refractivity contribution in [2.45, 2.75) is 33.2 Å². The van der Waals surface area contributed by atoms with Gasteiger partial charge >= 0.3 is 5.97 Å². The van der Waals surface area contributed by atoms with Crippen LogP contribution in [-0.4, -0.2) is 24.1 Å². The molecule has 1 rings (SSSR count). The van der Waals surface area contributed by atoms with Gasteiger partial charge in [0.1, 0.15) is 5.75 Å². The minimum absolute atomic E-state index is 0.0676. The van der Waals surface area contributed by atoms with E-state index in [1.165, 1.54) is 13.8 Å². The number of nitrogens with one attached hydrogen (secondary N) is 1. The van der Waals surface area contributed by atoms with Gasteiger partial charge in [0, 0.05) is 12.0 Å². The summed E-state index contributed by atoms with van der Waals surface area (Å²) in [6.07, 6.45) is -0.0676. The van der Waals surface area contributed by atoms with E-state index in [4.69, 9.17) is 9.84 Å². The van der Waals surface area contributed by atoms with Crippen molar-refractivity contribution < 1.29 is 19.4 Å². The number of hydrogen-bond acceptors (Lipinski definition) is 3. The zero-order valence-electron chi connectivity index (χ0n) is 12.3. The van der Waals surface area contributed by atoms with Gasteiger partial charge < -0.3 is 15.2 Å². The second-order valence-electron chi connectivity index (χ2n) is 5.40. The van der Waals surface area contributed by atoms with Gasteiger partial charge in [0.25, 0.3) is 0 Å². The molecule has 0 heterocycles. The zero-order valence-corrected chi connectivity index (χ0v) is 12.3. The van der Waals surface area contributed by atoms with Gasteiger partial charge in [-0.05, 0) is 26.8 Å². The molecule has 1 aromatic rings. The lowest BCUT2D eigenvalue weighted by Crippen LogP contribution is -2.34. The van der Waals surface area contributed by atoms with Crippen LogP contribution in [0.25, 0.3) is 0 Å². The van der Waals surface area contributed by atoms with Gasteiger partial charge in [0.15, 0.2) is 0 Å². The number of hydrogen-bond donors (Lipinski definition) is 2. The van der Waals surface area contributed by atoms with Crippen molar-refractivity contribution in [2.24, 2.45) is 5.41 Å². The number of aliphatic carboxylic acids is 1. The van der Waals surface area contributed by atoms with Crippen molar-refractivity contribution in [2.75, 3.05) is 7.11 Å². The van der Waals surface area contributed by atoms with Crippen molar-refractivity contribution in [1.29, 1.82) is 0 Å². The minimum Gasteiger partial charge on any atom is -0.496 e. The first-order valence-corrected chi connectivity index (χ1v) is 6.43.